The predicted octanol–water partition coefficient (Wildman–Crippen LogP) is 9.24. The quantitative estimate of drug-likeness (QED) is 0.218. The highest BCUT2D eigenvalue weighted by Gasteiger charge is 2.15. The highest BCUT2D eigenvalue weighted by molar-refractivity contribution is 5.85. The molecule has 1 rings (SSSR count). The summed E-state index contributed by atoms with van der Waals surface area (Å²) in [5, 5.41) is 3.72. The fraction of sp³-hybridized carbons (Fsp3) is 0.778. The van der Waals surface area contributed by atoms with Crippen molar-refractivity contribution < 1.29 is 0 Å². The van der Waals surface area contributed by atoms with E-state index in [-0.39, 0.29) is 17.9 Å². The molecule has 0 unspecified atom stereocenters. The van der Waals surface area contributed by atoms with E-state index >= 15 is 0 Å². The van der Waals surface area contributed by atoms with Crippen molar-refractivity contribution >= 4 is 12.4 Å². The summed E-state index contributed by atoms with van der Waals surface area (Å²) < 4.78 is 0. The minimum absolute atomic E-state index is 0. The van der Waals surface area contributed by atoms with E-state index in [1.165, 1.54) is 108 Å². The molecule has 1 aromatic carbocycles. The molecule has 1 aromatic rings. The molecule has 0 radical (unpaired) electrons. The van der Waals surface area contributed by atoms with Crippen molar-refractivity contribution in [2.45, 2.75) is 136 Å². The Hall–Kier alpha value is -0.530. The van der Waals surface area contributed by atoms with Gasteiger partial charge in [-0.2, -0.15) is 0 Å². The Bertz CT molecular complexity index is 443. The first-order valence-electron chi connectivity index (χ1n) is 12.4. The number of hydrogen-bond donors (Lipinski definition) is 1. The lowest BCUT2D eigenvalue weighted by Crippen LogP contribution is -2.38. The van der Waals surface area contributed by atoms with Crippen molar-refractivity contribution in [3.8, 4) is 0 Å². The van der Waals surface area contributed by atoms with E-state index in [1.807, 2.05) is 0 Å². The first-order chi connectivity index (χ1) is 13.6. The normalized spacial score (nSPS) is 11.4. The number of nitrogens with one attached hydrogen (secondary N) is 1. The van der Waals surface area contributed by atoms with Gasteiger partial charge in [-0.25, -0.2) is 0 Å². The van der Waals surface area contributed by atoms with Crippen LogP contribution < -0.4 is 5.32 Å². The van der Waals surface area contributed by atoms with Crippen molar-refractivity contribution in [3.63, 3.8) is 0 Å². The van der Waals surface area contributed by atoms with Gasteiger partial charge < -0.3 is 5.32 Å². The summed E-state index contributed by atoms with van der Waals surface area (Å²) in [7, 11) is 0. The van der Waals surface area contributed by atoms with Gasteiger partial charge in [0.15, 0.2) is 0 Å². The monoisotopic (exact) mass is 423 g/mol. The molecule has 0 aliphatic rings. The van der Waals surface area contributed by atoms with Crippen molar-refractivity contribution in [2.75, 3.05) is 0 Å². The number of unbranched alkanes of at least 4 members (excludes halogenated alkanes) is 14. The topological polar surface area (TPSA) is 12.0 Å². The van der Waals surface area contributed by atoms with Gasteiger partial charge in [0.2, 0.25) is 0 Å². The fourth-order valence-electron chi connectivity index (χ4n) is 3.96. The van der Waals surface area contributed by atoms with Gasteiger partial charge >= 0.3 is 0 Å². The molecule has 0 aromatic heterocycles. The third kappa shape index (κ3) is 18.0. The Morgan fingerprint density at radius 1 is 0.621 bits per heavy atom. The smallest absolute Gasteiger partial charge is 0.0210 e. The molecule has 29 heavy (non-hydrogen) atoms. The SMILES string of the molecule is CCCCCCCCCCCCCCCCCC(C)(C)NCc1ccccc1.Cl. The largest absolute Gasteiger partial charge is 0.308 e. The van der Waals surface area contributed by atoms with E-state index in [4.69, 9.17) is 0 Å². The van der Waals surface area contributed by atoms with Crippen molar-refractivity contribution in [1.82, 2.24) is 5.32 Å². The van der Waals surface area contributed by atoms with Crippen LogP contribution in [0.2, 0.25) is 0 Å². The van der Waals surface area contributed by atoms with Crippen molar-refractivity contribution in [1.29, 1.82) is 0 Å². The average molecular weight is 424 g/mol. The van der Waals surface area contributed by atoms with Gasteiger partial charge in [0.1, 0.15) is 0 Å². The molecule has 170 valence electrons. The molecular formula is C27H50ClN. The van der Waals surface area contributed by atoms with Crippen LogP contribution in [0, 0.1) is 0 Å². The molecule has 0 aliphatic carbocycles. The van der Waals surface area contributed by atoms with Gasteiger partial charge in [0.05, 0.1) is 0 Å². The second-order valence-electron chi connectivity index (χ2n) is 9.42. The van der Waals surface area contributed by atoms with E-state index in [9.17, 15) is 0 Å². The van der Waals surface area contributed by atoms with Gasteiger partial charge in [-0.1, -0.05) is 134 Å². The Balaban J connectivity index is 0.00000784. The van der Waals surface area contributed by atoms with Crippen molar-refractivity contribution in [3.05, 3.63) is 35.9 Å². The molecule has 1 nitrogen and oxygen atoms in total. The van der Waals surface area contributed by atoms with Crippen LogP contribution in [0.1, 0.15) is 129 Å². The zero-order valence-electron chi connectivity index (χ0n) is 19.8. The lowest BCUT2D eigenvalue weighted by molar-refractivity contribution is 0.344. The van der Waals surface area contributed by atoms with Crippen LogP contribution in [0.15, 0.2) is 30.3 Å². The van der Waals surface area contributed by atoms with E-state index in [0.29, 0.717) is 0 Å². The van der Waals surface area contributed by atoms with E-state index in [2.05, 4.69) is 56.4 Å². The maximum absolute atomic E-state index is 3.72. The average Bonchev–Trinajstić information content (AvgIpc) is 2.70. The van der Waals surface area contributed by atoms with Crippen LogP contribution in [0.5, 0.6) is 0 Å². The Morgan fingerprint density at radius 2 is 1.03 bits per heavy atom. The predicted molar refractivity (Wildman–Crippen MR) is 134 cm³/mol. The summed E-state index contributed by atoms with van der Waals surface area (Å²) in [6.07, 6.45) is 22.9. The summed E-state index contributed by atoms with van der Waals surface area (Å²) in [5.74, 6) is 0. The number of benzene rings is 1. The second kappa shape index (κ2) is 19.4. The molecule has 0 amide bonds. The summed E-state index contributed by atoms with van der Waals surface area (Å²) in [6.45, 7) is 7.97. The highest BCUT2D eigenvalue weighted by Crippen LogP contribution is 2.17. The summed E-state index contributed by atoms with van der Waals surface area (Å²) in [5.41, 5.74) is 1.62. The molecule has 2 heteroatoms. The van der Waals surface area contributed by atoms with Crippen LogP contribution in [0.4, 0.5) is 0 Å². The third-order valence-electron chi connectivity index (χ3n) is 6.02. The molecule has 0 fully saturated rings. The maximum Gasteiger partial charge on any atom is 0.0210 e. The van der Waals surface area contributed by atoms with Gasteiger partial charge in [0, 0.05) is 12.1 Å². The molecule has 0 spiro atoms. The summed E-state index contributed by atoms with van der Waals surface area (Å²) >= 11 is 0. The lowest BCUT2D eigenvalue weighted by Gasteiger charge is -2.26. The van der Waals surface area contributed by atoms with Crippen LogP contribution in [-0.4, -0.2) is 5.54 Å². The van der Waals surface area contributed by atoms with Gasteiger partial charge in [-0.15, -0.1) is 12.4 Å². The third-order valence-corrected chi connectivity index (χ3v) is 6.02. The Kier molecular flexibility index (Phi) is 19.1. The Labute approximate surface area is 189 Å². The molecule has 0 aliphatic heterocycles. The molecule has 0 atom stereocenters. The summed E-state index contributed by atoms with van der Waals surface area (Å²) in [4.78, 5) is 0. The van der Waals surface area contributed by atoms with E-state index < -0.39 is 0 Å². The molecule has 0 saturated carbocycles. The Morgan fingerprint density at radius 3 is 1.48 bits per heavy atom. The summed E-state index contributed by atoms with van der Waals surface area (Å²) in [6, 6.07) is 10.7. The van der Waals surface area contributed by atoms with Gasteiger partial charge in [0.25, 0.3) is 0 Å². The fourth-order valence-corrected chi connectivity index (χ4v) is 3.96. The molecule has 0 bridgehead atoms. The van der Waals surface area contributed by atoms with Crippen LogP contribution in [0.25, 0.3) is 0 Å². The zero-order chi connectivity index (χ0) is 20.3. The lowest BCUT2D eigenvalue weighted by atomic mass is 9.95. The standard InChI is InChI=1S/C27H49N.ClH/c1-4-5-6-7-8-9-10-11-12-13-14-15-16-17-21-24-27(2,3)28-25-26-22-19-18-20-23-26;/h18-20,22-23,28H,4-17,21,24-25H2,1-3H3;1H. The van der Waals surface area contributed by atoms with E-state index in [0.717, 1.165) is 6.54 Å². The van der Waals surface area contributed by atoms with E-state index in [1.54, 1.807) is 0 Å². The molecular weight excluding hydrogens is 374 g/mol. The van der Waals surface area contributed by atoms with Crippen LogP contribution >= 0.6 is 12.4 Å². The van der Waals surface area contributed by atoms with Crippen molar-refractivity contribution in [2.24, 2.45) is 0 Å². The first kappa shape index (κ1) is 28.5. The number of hydrogen-bond acceptors (Lipinski definition) is 1. The number of halogens is 1. The first-order valence-corrected chi connectivity index (χ1v) is 12.4. The molecule has 0 saturated heterocycles. The number of rotatable bonds is 19. The minimum atomic E-state index is 0. The molecule has 0 heterocycles. The second-order valence-corrected chi connectivity index (χ2v) is 9.42. The van der Waals surface area contributed by atoms with Crippen LogP contribution in [0.3, 0.4) is 0 Å². The zero-order valence-corrected chi connectivity index (χ0v) is 20.6. The maximum atomic E-state index is 3.72. The van der Waals surface area contributed by atoms with Gasteiger partial charge in [-0.05, 0) is 25.8 Å². The van der Waals surface area contributed by atoms with Crippen LogP contribution in [-0.2, 0) is 6.54 Å². The molecule has 1 N–H and O–H groups in total. The van der Waals surface area contributed by atoms with Gasteiger partial charge in [-0.3, -0.25) is 0 Å². The highest BCUT2D eigenvalue weighted by atomic mass is 35.5. The minimum Gasteiger partial charge on any atom is -0.308 e.